The number of imidazole rings is 1. The molecule has 4 atom stereocenters. The number of hydrogen-bond donors (Lipinski definition) is 2. The van der Waals surface area contributed by atoms with Crippen molar-refractivity contribution in [2.24, 2.45) is 17.8 Å². The standard InChI is InChI=1S/C23H28N8O/c1-12-17-8-31(9-18(12)17)23-24-6-15(13(2)26-23)7-30-10-20(25-11-30)22(32)27-19-5-4-16-14(3)28-29-21(16)19/h6,10-12,17-19H,4-5,7-9H2,1-3H3,(H,27,32)(H,28,29)/t12-,17+,18-,19-/m1/s1. The highest BCUT2D eigenvalue weighted by atomic mass is 16.2. The summed E-state index contributed by atoms with van der Waals surface area (Å²) in [5.41, 5.74) is 5.67. The highest BCUT2D eigenvalue weighted by Gasteiger charge is 2.53. The highest BCUT2D eigenvalue weighted by Crippen LogP contribution is 2.51. The number of aryl methyl sites for hydroxylation is 2. The Kier molecular flexibility index (Phi) is 4.34. The molecule has 9 heteroatoms. The van der Waals surface area contributed by atoms with Gasteiger partial charge in [-0.1, -0.05) is 6.92 Å². The van der Waals surface area contributed by atoms with Crippen molar-refractivity contribution >= 4 is 11.9 Å². The lowest BCUT2D eigenvalue weighted by atomic mass is 10.2. The molecular formula is C23H28N8O. The first-order valence-electron chi connectivity index (χ1n) is 11.4. The third-order valence-corrected chi connectivity index (χ3v) is 7.62. The second kappa shape index (κ2) is 7.15. The van der Waals surface area contributed by atoms with Gasteiger partial charge in [0.2, 0.25) is 5.95 Å². The van der Waals surface area contributed by atoms with Crippen molar-refractivity contribution in [3.63, 3.8) is 0 Å². The number of aromatic amines is 1. The van der Waals surface area contributed by atoms with E-state index < -0.39 is 0 Å². The third kappa shape index (κ3) is 3.18. The molecule has 1 aliphatic heterocycles. The summed E-state index contributed by atoms with van der Waals surface area (Å²) in [6.07, 6.45) is 7.19. The van der Waals surface area contributed by atoms with Gasteiger partial charge in [-0.3, -0.25) is 9.89 Å². The number of rotatable bonds is 5. The van der Waals surface area contributed by atoms with Gasteiger partial charge >= 0.3 is 0 Å². The number of nitrogens with one attached hydrogen (secondary N) is 2. The SMILES string of the molecule is Cc1nc(N2C[C@@H]3[C@H](C)[C@@H]3C2)ncc1Cn1cnc(C(=O)N[C@@H]2CCc3c2n[nH]c3C)c1. The molecule has 4 heterocycles. The lowest BCUT2D eigenvalue weighted by molar-refractivity contribution is 0.0931. The largest absolute Gasteiger partial charge is 0.342 e. The van der Waals surface area contributed by atoms with Crippen molar-refractivity contribution < 1.29 is 4.79 Å². The van der Waals surface area contributed by atoms with Gasteiger partial charge in [-0.25, -0.2) is 15.0 Å². The summed E-state index contributed by atoms with van der Waals surface area (Å²) in [7, 11) is 0. The van der Waals surface area contributed by atoms with Crippen LogP contribution in [0.25, 0.3) is 0 Å². The van der Waals surface area contributed by atoms with Crippen LogP contribution in [0.3, 0.4) is 0 Å². The van der Waals surface area contributed by atoms with Gasteiger partial charge in [-0.05, 0) is 50.0 Å². The molecule has 3 aromatic heterocycles. The Morgan fingerprint density at radius 2 is 2.06 bits per heavy atom. The Labute approximate surface area is 186 Å². The van der Waals surface area contributed by atoms with E-state index in [9.17, 15) is 4.79 Å². The van der Waals surface area contributed by atoms with Gasteiger partial charge in [-0.2, -0.15) is 5.10 Å². The molecule has 0 radical (unpaired) electrons. The lowest BCUT2D eigenvalue weighted by Gasteiger charge is -2.19. The summed E-state index contributed by atoms with van der Waals surface area (Å²) >= 11 is 0. The number of anilines is 1. The number of H-pyrrole nitrogens is 1. The van der Waals surface area contributed by atoms with E-state index in [2.05, 4.69) is 37.3 Å². The predicted octanol–water partition coefficient (Wildman–Crippen LogP) is 2.18. The van der Waals surface area contributed by atoms with E-state index >= 15 is 0 Å². The molecule has 3 aliphatic rings. The molecule has 2 fully saturated rings. The van der Waals surface area contributed by atoms with Crippen molar-refractivity contribution in [3.05, 3.63) is 52.6 Å². The number of aromatic nitrogens is 6. The molecule has 2 N–H and O–H groups in total. The Hall–Kier alpha value is -3.23. The summed E-state index contributed by atoms with van der Waals surface area (Å²) in [6.45, 7) is 9.11. The van der Waals surface area contributed by atoms with E-state index in [4.69, 9.17) is 4.98 Å². The normalized spacial score (nSPS) is 25.7. The van der Waals surface area contributed by atoms with Crippen molar-refractivity contribution in [2.45, 2.75) is 46.2 Å². The predicted molar refractivity (Wildman–Crippen MR) is 118 cm³/mol. The van der Waals surface area contributed by atoms with Gasteiger partial charge in [0.1, 0.15) is 5.69 Å². The van der Waals surface area contributed by atoms with Crippen LogP contribution in [-0.4, -0.2) is 48.7 Å². The molecule has 1 amide bonds. The second-order valence-electron chi connectivity index (χ2n) is 9.58. The average Bonchev–Trinajstić information content (AvgIpc) is 3.36. The fourth-order valence-corrected chi connectivity index (χ4v) is 5.41. The van der Waals surface area contributed by atoms with Crippen LogP contribution in [0.5, 0.6) is 0 Å². The number of fused-ring (bicyclic) bond motifs is 2. The molecule has 2 aliphatic carbocycles. The molecule has 0 bridgehead atoms. The Balaban J connectivity index is 1.10. The molecule has 166 valence electrons. The molecule has 9 nitrogen and oxygen atoms in total. The van der Waals surface area contributed by atoms with Crippen molar-refractivity contribution in [1.82, 2.24) is 35.0 Å². The number of hydrogen-bond acceptors (Lipinski definition) is 6. The monoisotopic (exact) mass is 432 g/mol. The van der Waals surface area contributed by atoms with Gasteiger partial charge < -0.3 is 14.8 Å². The molecule has 0 spiro atoms. The third-order valence-electron chi connectivity index (χ3n) is 7.62. The zero-order chi connectivity index (χ0) is 22.0. The van der Waals surface area contributed by atoms with E-state index in [0.717, 1.165) is 72.3 Å². The van der Waals surface area contributed by atoms with Crippen LogP contribution in [0, 0.1) is 31.6 Å². The number of piperidine rings is 1. The minimum Gasteiger partial charge on any atom is -0.342 e. The maximum Gasteiger partial charge on any atom is 0.272 e. The van der Waals surface area contributed by atoms with E-state index in [1.807, 2.05) is 24.6 Å². The van der Waals surface area contributed by atoms with Gasteiger partial charge in [-0.15, -0.1) is 0 Å². The molecule has 1 saturated heterocycles. The summed E-state index contributed by atoms with van der Waals surface area (Å²) < 4.78 is 1.91. The summed E-state index contributed by atoms with van der Waals surface area (Å²) in [5.74, 6) is 3.16. The van der Waals surface area contributed by atoms with Crippen molar-refractivity contribution in [3.8, 4) is 0 Å². The quantitative estimate of drug-likeness (QED) is 0.640. The number of nitrogens with zero attached hydrogens (tertiary/aromatic N) is 6. The smallest absolute Gasteiger partial charge is 0.272 e. The zero-order valence-electron chi connectivity index (χ0n) is 18.7. The van der Waals surface area contributed by atoms with Crippen LogP contribution in [0.1, 0.15) is 58.1 Å². The lowest BCUT2D eigenvalue weighted by Crippen LogP contribution is -2.27. The first-order valence-corrected chi connectivity index (χ1v) is 11.4. The first kappa shape index (κ1) is 19.5. The van der Waals surface area contributed by atoms with E-state index in [1.165, 1.54) is 5.56 Å². The minimum atomic E-state index is -0.174. The Bertz CT molecular complexity index is 1180. The maximum absolute atomic E-state index is 12.7. The van der Waals surface area contributed by atoms with E-state index in [1.54, 1.807) is 12.5 Å². The van der Waals surface area contributed by atoms with E-state index in [-0.39, 0.29) is 11.9 Å². The first-order chi connectivity index (χ1) is 15.5. The number of carbonyl (C=O) groups is 1. The Morgan fingerprint density at radius 3 is 2.84 bits per heavy atom. The van der Waals surface area contributed by atoms with Crippen LogP contribution in [0.2, 0.25) is 0 Å². The van der Waals surface area contributed by atoms with E-state index in [0.29, 0.717) is 12.2 Å². The number of amides is 1. The number of carbonyl (C=O) groups excluding carboxylic acids is 1. The molecule has 3 aromatic rings. The second-order valence-corrected chi connectivity index (χ2v) is 9.58. The van der Waals surface area contributed by atoms with Crippen LogP contribution in [0.4, 0.5) is 5.95 Å². The molecule has 0 aromatic carbocycles. The van der Waals surface area contributed by atoms with Crippen LogP contribution in [-0.2, 0) is 13.0 Å². The molecule has 0 unspecified atom stereocenters. The average molecular weight is 433 g/mol. The highest BCUT2D eigenvalue weighted by molar-refractivity contribution is 5.92. The fourth-order valence-electron chi connectivity index (χ4n) is 5.41. The summed E-state index contributed by atoms with van der Waals surface area (Å²) in [6, 6.07) is -0.0598. The van der Waals surface area contributed by atoms with Crippen LogP contribution < -0.4 is 10.2 Å². The summed E-state index contributed by atoms with van der Waals surface area (Å²) in [4.78, 5) is 28.7. The summed E-state index contributed by atoms with van der Waals surface area (Å²) in [5, 5.41) is 10.4. The van der Waals surface area contributed by atoms with Crippen LogP contribution >= 0.6 is 0 Å². The maximum atomic E-state index is 12.7. The Morgan fingerprint density at radius 1 is 1.25 bits per heavy atom. The zero-order valence-corrected chi connectivity index (χ0v) is 18.7. The van der Waals surface area contributed by atoms with Crippen molar-refractivity contribution in [2.75, 3.05) is 18.0 Å². The fraction of sp³-hybridized carbons (Fsp3) is 0.522. The van der Waals surface area contributed by atoms with Gasteiger partial charge in [0, 0.05) is 42.4 Å². The molecule has 1 saturated carbocycles. The van der Waals surface area contributed by atoms with Crippen molar-refractivity contribution in [1.29, 1.82) is 0 Å². The van der Waals surface area contributed by atoms with Gasteiger partial charge in [0.15, 0.2) is 0 Å². The topological polar surface area (TPSA) is 105 Å². The minimum absolute atomic E-state index is 0.0598. The van der Waals surface area contributed by atoms with Gasteiger partial charge in [0.05, 0.1) is 24.6 Å². The molecular weight excluding hydrogens is 404 g/mol. The molecule has 6 rings (SSSR count). The molecule has 32 heavy (non-hydrogen) atoms. The van der Waals surface area contributed by atoms with Crippen LogP contribution in [0.15, 0.2) is 18.7 Å². The van der Waals surface area contributed by atoms with Gasteiger partial charge in [0.25, 0.3) is 5.91 Å².